The zero-order valence-electron chi connectivity index (χ0n) is 10.2. The third-order valence-electron chi connectivity index (χ3n) is 2.58. The fraction of sp³-hybridized carbons (Fsp3) is 0.462. The van der Waals surface area contributed by atoms with Crippen molar-refractivity contribution in [3.63, 3.8) is 0 Å². The first kappa shape index (κ1) is 13.1. The van der Waals surface area contributed by atoms with Gasteiger partial charge >= 0.3 is 5.97 Å². The van der Waals surface area contributed by atoms with Gasteiger partial charge in [-0.15, -0.1) is 11.8 Å². The summed E-state index contributed by atoms with van der Waals surface area (Å²) in [5.41, 5.74) is 2.58. The summed E-state index contributed by atoms with van der Waals surface area (Å²) in [6.45, 7) is 6.09. The van der Waals surface area contributed by atoms with E-state index in [4.69, 9.17) is 4.74 Å². The van der Waals surface area contributed by atoms with Crippen LogP contribution in [0.1, 0.15) is 18.1 Å². The van der Waals surface area contributed by atoms with Crippen molar-refractivity contribution in [2.24, 2.45) is 5.92 Å². The maximum atomic E-state index is 11.2. The fourth-order valence-electron chi connectivity index (χ4n) is 1.29. The number of rotatable bonds is 4. The summed E-state index contributed by atoms with van der Waals surface area (Å²) in [5.74, 6) is 0.558. The summed E-state index contributed by atoms with van der Waals surface area (Å²) >= 11 is 1.69. The maximum Gasteiger partial charge on any atom is 0.309 e. The van der Waals surface area contributed by atoms with E-state index in [1.807, 2.05) is 6.92 Å². The van der Waals surface area contributed by atoms with Gasteiger partial charge in [0.2, 0.25) is 0 Å². The number of aryl methyl sites for hydroxylation is 2. The third kappa shape index (κ3) is 3.56. The van der Waals surface area contributed by atoms with E-state index in [2.05, 4.69) is 32.0 Å². The van der Waals surface area contributed by atoms with Gasteiger partial charge in [0, 0.05) is 10.6 Å². The molecular formula is C13H18O2S. The number of hydrogen-bond acceptors (Lipinski definition) is 3. The van der Waals surface area contributed by atoms with E-state index < -0.39 is 0 Å². The lowest BCUT2D eigenvalue weighted by Gasteiger charge is -2.09. The number of esters is 1. The van der Waals surface area contributed by atoms with E-state index in [-0.39, 0.29) is 11.9 Å². The SMILES string of the molecule is COC(=O)C(C)CSc1ccc(C)c(C)c1. The summed E-state index contributed by atoms with van der Waals surface area (Å²) in [6, 6.07) is 6.36. The van der Waals surface area contributed by atoms with E-state index in [0.29, 0.717) is 0 Å². The zero-order chi connectivity index (χ0) is 12.1. The minimum Gasteiger partial charge on any atom is -0.469 e. The molecule has 0 heterocycles. The Hall–Kier alpha value is -0.960. The van der Waals surface area contributed by atoms with E-state index in [1.54, 1.807) is 11.8 Å². The number of hydrogen-bond donors (Lipinski definition) is 0. The number of thioether (sulfide) groups is 1. The molecular weight excluding hydrogens is 220 g/mol. The van der Waals surface area contributed by atoms with Crippen LogP contribution in [0.4, 0.5) is 0 Å². The highest BCUT2D eigenvalue weighted by Crippen LogP contribution is 2.23. The van der Waals surface area contributed by atoms with E-state index >= 15 is 0 Å². The first-order valence-electron chi connectivity index (χ1n) is 5.32. The maximum absolute atomic E-state index is 11.2. The van der Waals surface area contributed by atoms with Crippen molar-refractivity contribution >= 4 is 17.7 Å². The second kappa shape index (κ2) is 5.94. The number of carbonyl (C=O) groups excluding carboxylic acids is 1. The van der Waals surface area contributed by atoms with Crippen LogP contribution in [0.25, 0.3) is 0 Å². The molecule has 0 aromatic heterocycles. The lowest BCUT2D eigenvalue weighted by atomic mass is 10.1. The van der Waals surface area contributed by atoms with Crippen LogP contribution in [0, 0.1) is 19.8 Å². The largest absolute Gasteiger partial charge is 0.469 e. The minimum atomic E-state index is -0.142. The van der Waals surface area contributed by atoms with Gasteiger partial charge in [-0.3, -0.25) is 4.79 Å². The van der Waals surface area contributed by atoms with Crippen molar-refractivity contribution in [2.75, 3.05) is 12.9 Å². The predicted molar refractivity (Wildman–Crippen MR) is 67.8 cm³/mol. The lowest BCUT2D eigenvalue weighted by molar-refractivity contribution is -0.143. The van der Waals surface area contributed by atoms with Crippen LogP contribution in [0.5, 0.6) is 0 Å². The van der Waals surface area contributed by atoms with Crippen molar-refractivity contribution in [1.29, 1.82) is 0 Å². The molecule has 0 fully saturated rings. The molecule has 1 rings (SSSR count). The molecule has 0 aliphatic heterocycles. The van der Waals surface area contributed by atoms with Crippen molar-refractivity contribution in [3.05, 3.63) is 29.3 Å². The molecule has 1 aromatic rings. The molecule has 0 aliphatic carbocycles. The molecule has 0 bridgehead atoms. The van der Waals surface area contributed by atoms with Crippen LogP contribution in [0.15, 0.2) is 23.1 Å². The molecule has 16 heavy (non-hydrogen) atoms. The second-order valence-corrected chi connectivity index (χ2v) is 5.07. The van der Waals surface area contributed by atoms with Crippen LogP contribution in [-0.2, 0) is 9.53 Å². The molecule has 0 saturated carbocycles. The summed E-state index contributed by atoms with van der Waals surface area (Å²) in [6.07, 6.45) is 0. The quantitative estimate of drug-likeness (QED) is 0.595. The van der Waals surface area contributed by atoms with Gasteiger partial charge in [0.15, 0.2) is 0 Å². The summed E-state index contributed by atoms with van der Waals surface area (Å²) in [4.78, 5) is 12.4. The Morgan fingerprint density at radius 1 is 1.38 bits per heavy atom. The van der Waals surface area contributed by atoms with Crippen LogP contribution in [0.3, 0.4) is 0 Å². The normalized spacial score (nSPS) is 12.2. The Kier molecular flexibility index (Phi) is 4.87. The van der Waals surface area contributed by atoms with Gasteiger partial charge in [-0.25, -0.2) is 0 Å². The first-order chi connectivity index (χ1) is 7.54. The monoisotopic (exact) mass is 238 g/mol. The zero-order valence-corrected chi connectivity index (χ0v) is 11.1. The van der Waals surface area contributed by atoms with Crippen molar-refractivity contribution in [1.82, 2.24) is 0 Å². The molecule has 1 aromatic carbocycles. The van der Waals surface area contributed by atoms with E-state index in [9.17, 15) is 4.79 Å². The van der Waals surface area contributed by atoms with E-state index in [0.717, 1.165) is 5.75 Å². The highest BCUT2D eigenvalue weighted by atomic mass is 32.2. The van der Waals surface area contributed by atoms with Crippen molar-refractivity contribution in [3.8, 4) is 0 Å². The molecule has 88 valence electrons. The molecule has 0 saturated heterocycles. The second-order valence-electron chi connectivity index (χ2n) is 3.98. The number of ether oxygens (including phenoxy) is 1. The van der Waals surface area contributed by atoms with Crippen LogP contribution in [-0.4, -0.2) is 18.8 Å². The molecule has 0 aliphatic rings. The van der Waals surface area contributed by atoms with Crippen molar-refractivity contribution in [2.45, 2.75) is 25.7 Å². The average molecular weight is 238 g/mol. The third-order valence-corrected chi connectivity index (χ3v) is 3.84. The Labute approximate surface area is 101 Å². The average Bonchev–Trinajstić information content (AvgIpc) is 2.29. The number of methoxy groups -OCH3 is 1. The Morgan fingerprint density at radius 2 is 2.06 bits per heavy atom. The molecule has 0 amide bonds. The molecule has 1 unspecified atom stereocenters. The van der Waals surface area contributed by atoms with Gasteiger partial charge in [-0.1, -0.05) is 13.0 Å². The van der Waals surface area contributed by atoms with Gasteiger partial charge in [0.1, 0.15) is 0 Å². The molecule has 2 nitrogen and oxygen atoms in total. The Balaban J connectivity index is 2.55. The topological polar surface area (TPSA) is 26.3 Å². The van der Waals surface area contributed by atoms with Gasteiger partial charge in [0.05, 0.1) is 13.0 Å². The predicted octanol–water partition coefficient (Wildman–Crippen LogP) is 3.20. The number of carbonyl (C=O) groups is 1. The smallest absolute Gasteiger partial charge is 0.309 e. The Bertz CT molecular complexity index is 374. The molecule has 0 spiro atoms. The van der Waals surface area contributed by atoms with Gasteiger partial charge in [-0.2, -0.15) is 0 Å². The van der Waals surface area contributed by atoms with E-state index in [1.165, 1.54) is 23.1 Å². The van der Waals surface area contributed by atoms with Crippen LogP contribution >= 0.6 is 11.8 Å². The lowest BCUT2D eigenvalue weighted by Crippen LogP contribution is -2.14. The van der Waals surface area contributed by atoms with Crippen molar-refractivity contribution < 1.29 is 9.53 Å². The highest BCUT2D eigenvalue weighted by Gasteiger charge is 2.13. The fourth-order valence-corrected chi connectivity index (χ4v) is 2.30. The highest BCUT2D eigenvalue weighted by molar-refractivity contribution is 7.99. The summed E-state index contributed by atoms with van der Waals surface area (Å²) < 4.78 is 4.69. The Morgan fingerprint density at radius 3 is 2.62 bits per heavy atom. The number of benzene rings is 1. The van der Waals surface area contributed by atoms with Crippen LogP contribution < -0.4 is 0 Å². The van der Waals surface area contributed by atoms with Gasteiger partial charge in [-0.05, 0) is 37.1 Å². The van der Waals surface area contributed by atoms with Gasteiger partial charge < -0.3 is 4.74 Å². The molecule has 3 heteroatoms. The molecule has 0 N–H and O–H groups in total. The molecule has 0 radical (unpaired) electrons. The summed E-state index contributed by atoms with van der Waals surface area (Å²) in [5, 5.41) is 0. The summed E-state index contributed by atoms with van der Waals surface area (Å²) in [7, 11) is 1.43. The minimum absolute atomic E-state index is 0.0587. The van der Waals surface area contributed by atoms with Gasteiger partial charge in [0.25, 0.3) is 0 Å². The standard InChI is InChI=1S/C13H18O2S/c1-9-5-6-12(7-10(9)2)16-8-11(3)13(14)15-4/h5-7,11H,8H2,1-4H3. The van der Waals surface area contributed by atoms with Crippen LogP contribution in [0.2, 0.25) is 0 Å². The first-order valence-corrected chi connectivity index (χ1v) is 6.31. The molecule has 1 atom stereocenters.